The third-order valence-corrected chi connectivity index (χ3v) is 6.31. The topological polar surface area (TPSA) is 44.1 Å². The minimum absolute atomic E-state index is 0.107. The lowest BCUT2D eigenvalue weighted by molar-refractivity contribution is -0.122. The molecule has 1 aliphatic carbocycles. The van der Waals surface area contributed by atoms with Crippen LogP contribution in [0, 0.1) is 12.8 Å². The van der Waals surface area contributed by atoms with Gasteiger partial charge in [-0.3, -0.25) is 4.79 Å². The highest BCUT2D eigenvalue weighted by molar-refractivity contribution is 6.32. The number of carbonyl (C=O) groups excluding carboxylic acids is 1. The molecule has 4 rings (SSSR count). The van der Waals surface area contributed by atoms with Gasteiger partial charge in [-0.1, -0.05) is 41.4 Å². The molecular weight excluding hydrogens is 384 g/mol. The maximum atomic E-state index is 11.6. The zero-order chi connectivity index (χ0) is 20.5. The van der Waals surface area contributed by atoms with E-state index in [2.05, 4.69) is 35.8 Å². The van der Waals surface area contributed by atoms with Crippen LogP contribution in [-0.2, 0) is 18.3 Å². The van der Waals surface area contributed by atoms with Crippen LogP contribution < -0.4 is 4.74 Å². The first-order valence-electron chi connectivity index (χ1n) is 10.3. The summed E-state index contributed by atoms with van der Waals surface area (Å²) in [5.74, 6) is 2.16. The molecule has 3 aromatic rings. The maximum absolute atomic E-state index is 11.6. The maximum Gasteiger partial charge on any atom is 0.140 e. The molecule has 152 valence electrons. The Morgan fingerprint density at radius 3 is 2.66 bits per heavy atom. The van der Waals surface area contributed by atoms with Crippen LogP contribution in [0.15, 0.2) is 36.4 Å². The van der Waals surface area contributed by atoms with E-state index in [1.807, 2.05) is 19.2 Å². The Labute approximate surface area is 176 Å². The number of hydrogen-bond acceptors (Lipinski definition) is 3. The second kappa shape index (κ2) is 8.19. The van der Waals surface area contributed by atoms with Crippen LogP contribution in [-0.4, -0.2) is 21.4 Å². The zero-order valence-corrected chi connectivity index (χ0v) is 18.0. The van der Waals surface area contributed by atoms with Gasteiger partial charge in [0.25, 0.3) is 0 Å². The number of rotatable bonds is 5. The summed E-state index contributed by atoms with van der Waals surface area (Å²) in [5, 5.41) is 0.608. The van der Waals surface area contributed by atoms with Gasteiger partial charge in [0.05, 0.1) is 22.2 Å². The van der Waals surface area contributed by atoms with E-state index in [9.17, 15) is 4.79 Å². The van der Waals surface area contributed by atoms with Gasteiger partial charge in [-0.15, -0.1) is 0 Å². The molecule has 0 N–H and O–H groups in total. The van der Waals surface area contributed by atoms with Crippen molar-refractivity contribution in [2.45, 2.75) is 52.1 Å². The molecule has 0 radical (unpaired) electrons. The number of hydrogen-bond donors (Lipinski definition) is 0. The van der Waals surface area contributed by atoms with Gasteiger partial charge < -0.3 is 9.30 Å². The summed E-state index contributed by atoms with van der Waals surface area (Å²) in [6.07, 6.45) is 4.44. The van der Waals surface area contributed by atoms with Crippen molar-refractivity contribution in [2.24, 2.45) is 13.0 Å². The highest BCUT2D eigenvalue weighted by atomic mass is 35.5. The van der Waals surface area contributed by atoms with E-state index in [4.69, 9.17) is 21.3 Å². The Morgan fingerprint density at radius 2 is 1.97 bits per heavy atom. The summed E-state index contributed by atoms with van der Waals surface area (Å²) >= 11 is 6.54. The van der Waals surface area contributed by atoms with Crippen molar-refractivity contribution in [3.05, 3.63) is 58.4 Å². The largest absolute Gasteiger partial charge is 0.489 e. The third-order valence-electron chi connectivity index (χ3n) is 6.01. The fraction of sp³-hybridized carbons (Fsp3) is 0.417. The van der Waals surface area contributed by atoms with Crippen LogP contribution >= 0.6 is 11.6 Å². The number of aromatic nitrogens is 2. The Bertz CT molecular complexity index is 1050. The molecule has 29 heavy (non-hydrogen) atoms. The smallest absolute Gasteiger partial charge is 0.140 e. The molecule has 0 spiro atoms. The first kappa shape index (κ1) is 20.0. The number of ether oxygens (including phenoxy) is 1. The molecule has 0 amide bonds. The summed E-state index contributed by atoms with van der Waals surface area (Å²) in [7, 11) is 2.03. The fourth-order valence-electron chi connectivity index (χ4n) is 4.26. The lowest BCUT2D eigenvalue weighted by Gasteiger charge is -2.27. The summed E-state index contributed by atoms with van der Waals surface area (Å²) in [6.45, 7) is 3.79. The standard InChI is InChI=1S/C24H27ClN2O2/c1-15-5-4-6-17(11-15)12-24-26-21-14-23(20(25)13-22(21)27(24)3)29-19-9-7-18(8-10-19)16(2)28/h4-6,11,13-14,18-19H,7-10,12H2,1-3H3. The number of ketones is 1. The molecule has 1 aliphatic rings. The van der Waals surface area contributed by atoms with Crippen LogP contribution in [0.2, 0.25) is 5.02 Å². The minimum atomic E-state index is 0.107. The number of carbonyl (C=O) groups is 1. The highest BCUT2D eigenvalue weighted by Gasteiger charge is 2.26. The molecule has 0 unspecified atom stereocenters. The van der Waals surface area contributed by atoms with E-state index < -0.39 is 0 Å². The van der Waals surface area contributed by atoms with E-state index in [0.29, 0.717) is 10.8 Å². The van der Waals surface area contributed by atoms with Gasteiger partial charge in [0, 0.05) is 25.5 Å². The summed E-state index contributed by atoms with van der Waals surface area (Å²) < 4.78 is 8.32. The van der Waals surface area contributed by atoms with Crippen LogP contribution in [0.25, 0.3) is 11.0 Å². The first-order valence-corrected chi connectivity index (χ1v) is 10.7. The SMILES string of the molecule is CC(=O)C1CCC(Oc2cc3nc(Cc4cccc(C)c4)n(C)c3cc2Cl)CC1. The minimum Gasteiger partial charge on any atom is -0.489 e. The van der Waals surface area contributed by atoms with E-state index in [1.54, 1.807) is 6.92 Å². The number of fused-ring (bicyclic) bond motifs is 1. The average Bonchev–Trinajstić information content (AvgIpc) is 2.97. The van der Waals surface area contributed by atoms with Crippen molar-refractivity contribution in [1.29, 1.82) is 0 Å². The van der Waals surface area contributed by atoms with Gasteiger partial charge in [-0.25, -0.2) is 4.98 Å². The normalized spacial score (nSPS) is 19.4. The average molecular weight is 411 g/mol. The molecule has 1 fully saturated rings. The summed E-state index contributed by atoms with van der Waals surface area (Å²) in [4.78, 5) is 16.4. The molecule has 0 atom stereocenters. The number of imidazole rings is 1. The molecule has 1 heterocycles. The Kier molecular flexibility index (Phi) is 5.64. The first-order chi connectivity index (χ1) is 13.9. The number of halogens is 1. The van der Waals surface area contributed by atoms with Gasteiger partial charge in [-0.05, 0) is 51.2 Å². The van der Waals surface area contributed by atoms with Crippen molar-refractivity contribution in [3.63, 3.8) is 0 Å². The molecular formula is C24H27ClN2O2. The summed E-state index contributed by atoms with van der Waals surface area (Å²) in [5.41, 5.74) is 4.39. The van der Waals surface area contributed by atoms with Crippen LogP contribution in [0.5, 0.6) is 5.75 Å². The second-order valence-electron chi connectivity index (χ2n) is 8.23. The van der Waals surface area contributed by atoms with Gasteiger partial charge in [-0.2, -0.15) is 0 Å². The quantitative estimate of drug-likeness (QED) is 0.545. The molecule has 5 heteroatoms. The molecule has 0 bridgehead atoms. The van der Waals surface area contributed by atoms with Gasteiger partial charge in [0.15, 0.2) is 0 Å². The van der Waals surface area contributed by atoms with Crippen molar-refractivity contribution < 1.29 is 9.53 Å². The second-order valence-corrected chi connectivity index (χ2v) is 8.63. The molecule has 1 aromatic heterocycles. The van der Waals surface area contributed by atoms with Gasteiger partial charge >= 0.3 is 0 Å². The number of aryl methyl sites for hydroxylation is 2. The Morgan fingerprint density at radius 1 is 1.21 bits per heavy atom. The lowest BCUT2D eigenvalue weighted by Crippen LogP contribution is -2.27. The molecule has 0 aliphatic heterocycles. The summed E-state index contributed by atoms with van der Waals surface area (Å²) in [6, 6.07) is 12.4. The van der Waals surface area contributed by atoms with Crippen LogP contribution in [0.1, 0.15) is 49.6 Å². The van der Waals surface area contributed by atoms with Crippen LogP contribution in [0.4, 0.5) is 0 Å². The zero-order valence-electron chi connectivity index (χ0n) is 17.2. The predicted molar refractivity (Wildman–Crippen MR) is 117 cm³/mol. The molecule has 2 aromatic carbocycles. The van der Waals surface area contributed by atoms with Crippen molar-refractivity contribution in [3.8, 4) is 5.75 Å². The number of benzene rings is 2. The van der Waals surface area contributed by atoms with E-state index in [-0.39, 0.29) is 17.8 Å². The molecule has 1 saturated carbocycles. The third kappa shape index (κ3) is 4.32. The van der Waals surface area contributed by atoms with Crippen molar-refractivity contribution in [2.75, 3.05) is 0 Å². The van der Waals surface area contributed by atoms with Crippen LogP contribution in [0.3, 0.4) is 0 Å². The van der Waals surface area contributed by atoms with E-state index >= 15 is 0 Å². The van der Waals surface area contributed by atoms with Crippen molar-refractivity contribution >= 4 is 28.4 Å². The number of Topliss-reactive ketones (excluding diaryl/α,β-unsaturated/α-hetero) is 1. The van der Waals surface area contributed by atoms with Gasteiger partial charge in [0.2, 0.25) is 0 Å². The monoisotopic (exact) mass is 410 g/mol. The van der Waals surface area contributed by atoms with E-state index in [0.717, 1.165) is 49.0 Å². The lowest BCUT2D eigenvalue weighted by atomic mass is 9.85. The Balaban J connectivity index is 1.54. The van der Waals surface area contributed by atoms with E-state index in [1.165, 1.54) is 11.1 Å². The fourth-order valence-corrected chi connectivity index (χ4v) is 4.47. The molecule has 4 nitrogen and oxygen atoms in total. The Hall–Kier alpha value is -2.33. The van der Waals surface area contributed by atoms with Gasteiger partial charge in [0.1, 0.15) is 17.4 Å². The molecule has 0 saturated heterocycles. The highest BCUT2D eigenvalue weighted by Crippen LogP contribution is 2.34. The van der Waals surface area contributed by atoms with Crippen molar-refractivity contribution in [1.82, 2.24) is 9.55 Å². The number of nitrogens with zero attached hydrogens (tertiary/aromatic N) is 2. The predicted octanol–water partition coefficient (Wildman–Crippen LogP) is 5.65.